The summed E-state index contributed by atoms with van der Waals surface area (Å²) in [6.07, 6.45) is 2.88. The molecule has 0 fully saturated rings. The third-order valence-corrected chi connectivity index (χ3v) is 2.91. The number of rotatable bonds is 3. The SMILES string of the molecule is Cc1nc2ccc(-c3cnc(CCC#N)[nH]3)cc2o1. The second kappa shape index (κ2) is 4.58. The third kappa shape index (κ3) is 2.20. The minimum Gasteiger partial charge on any atom is -0.441 e. The number of benzene rings is 1. The highest BCUT2D eigenvalue weighted by Crippen LogP contribution is 2.23. The summed E-state index contributed by atoms with van der Waals surface area (Å²) in [6, 6.07) is 7.96. The molecule has 0 aliphatic rings. The molecule has 0 unspecified atom stereocenters. The van der Waals surface area contributed by atoms with Crippen LogP contribution in [0.2, 0.25) is 0 Å². The Bertz CT molecular complexity index is 763. The molecule has 0 aliphatic heterocycles. The van der Waals surface area contributed by atoms with Crippen molar-refractivity contribution >= 4 is 11.1 Å². The molecule has 19 heavy (non-hydrogen) atoms. The molecule has 3 rings (SSSR count). The maximum atomic E-state index is 8.56. The number of oxazole rings is 1. The van der Waals surface area contributed by atoms with Gasteiger partial charge in [0.05, 0.1) is 18.0 Å². The molecule has 0 amide bonds. The van der Waals surface area contributed by atoms with Gasteiger partial charge in [0.2, 0.25) is 0 Å². The van der Waals surface area contributed by atoms with Crippen molar-refractivity contribution in [1.82, 2.24) is 15.0 Å². The Morgan fingerprint density at radius 1 is 1.42 bits per heavy atom. The molecule has 0 atom stereocenters. The van der Waals surface area contributed by atoms with Gasteiger partial charge in [-0.05, 0) is 12.1 Å². The molecule has 5 heteroatoms. The maximum absolute atomic E-state index is 8.56. The zero-order valence-electron chi connectivity index (χ0n) is 10.5. The van der Waals surface area contributed by atoms with Crippen molar-refractivity contribution in [1.29, 1.82) is 5.26 Å². The lowest BCUT2D eigenvalue weighted by Crippen LogP contribution is -1.86. The number of imidazole rings is 1. The Morgan fingerprint density at radius 3 is 3.16 bits per heavy atom. The average Bonchev–Trinajstić information content (AvgIpc) is 3.00. The Hall–Kier alpha value is -2.61. The Labute approximate surface area is 109 Å². The van der Waals surface area contributed by atoms with Crippen molar-refractivity contribution in [3.05, 3.63) is 36.1 Å². The Kier molecular flexibility index (Phi) is 2.76. The van der Waals surface area contributed by atoms with Crippen LogP contribution in [0.25, 0.3) is 22.4 Å². The van der Waals surface area contributed by atoms with E-state index in [0.717, 1.165) is 28.2 Å². The monoisotopic (exact) mass is 252 g/mol. The number of fused-ring (bicyclic) bond motifs is 1. The summed E-state index contributed by atoms with van der Waals surface area (Å²) in [5.74, 6) is 1.48. The van der Waals surface area contributed by atoms with Gasteiger partial charge in [-0.3, -0.25) is 0 Å². The predicted octanol–water partition coefficient (Wildman–Crippen LogP) is 2.98. The molecule has 0 bridgehead atoms. The van der Waals surface area contributed by atoms with Gasteiger partial charge in [0.25, 0.3) is 0 Å². The summed E-state index contributed by atoms with van der Waals surface area (Å²) in [7, 11) is 0. The van der Waals surface area contributed by atoms with E-state index in [1.54, 1.807) is 6.20 Å². The molecule has 5 nitrogen and oxygen atoms in total. The maximum Gasteiger partial charge on any atom is 0.192 e. The normalized spacial score (nSPS) is 10.7. The number of hydrogen-bond acceptors (Lipinski definition) is 4. The van der Waals surface area contributed by atoms with Crippen LogP contribution in [0.3, 0.4) is 0 Å². The summed E-state index contributed by atoms with van der Waals surface area (Å²) in [5.41, 5.74) is 3.54. The molecule has 0 radical (unpaired) electrons. The van der Waals surface area contributed by atoms with Gasteiger partial charge in [-0.25, -0.2) is 9.97 Å². The highest BCUT2D eigenvalue weighted by Gasteiger charge is 2.07. The lowest BCUT2D eigenvalue weighted by atomic mass is 10.1. The molecule has 0 saturated heterocycles. The first-order valence-electron chi connectivity index (χ1n) is 6.04. The van der Waals surface area contributed by atoms with E-state index in [-0.39, 0.29) is 0 Å². The van der Waals surface area contributed by atoms with Crippen LogP contribution in [0.1, 0.15) is 18.1 Å². The van der Waals surface area contributed by atoms with Crippen molar-refractivity contribution in [3.8, 4) is 17.3 Å². The van der Waals surface area contributed by atoms with Crippen LogP contribution in [-0.4, -0.2) is 15.0 Å². The summed E-state index contributed by atoms with van der Waals surface area (Å²) < 4.78 is 5.51. The molecule has 1 aromatic carbocycles. The standard InChI is InChI=1S/C14H12N4O/c1-9-17-11-5-4-10(7-13(11)19-9)12-8-16-14(18-12)3-2-6-15/h4-5,7-8H,2-3H2,1H3,(H,16,18). The number of aryl methyl sites for hydroxylation is 2. The molecular formula is C14H12N4O. The van der Waals surface area contributed by atoms with Gasteiger partial charge in [0.1, 0.15) is 11.3 Å². The first-order valence-corrected chi connectivity index (χ1v) is 6.04. The molecule has 0 aliphatic carbocycles. The molecule has 3 aromatic rings. The van der Waals surface area contributed by atoms with Crippen LogP contribution in [0.4, 0.5) is 0 Å². The highest BCUT2D eigenvalue weighted by molar-refractivity contribution is 5.79. The topological polar surface area (TPSA) is 78.5 Å². The minimum absolute atomic E-state index is 0.466. The van der Waals surface area contributed by atoms with Gasteiger partial charge in [-0.15, -0.1) is 0 Å². The zero-order chi connectivity index (χ0) is 13.2. The molecule has 0 spiro atoms. The van der Waals surface area contributed by atoms with Crippen LogP contribution in [0.15, 0.2) is 28.8 Å². The van der Waals surface area contributed by atoms with Gasteiger partial charge in [0.15, 0.2) is 11.5 Å². The van der Waals surface area contributed by atoms with Crippen LogP contribution in [0.5, 0.6) is 0 Å². The average molecular weight is 252 g/mol. The first kappa shape index (κ1) is 11.5. The van der Waals surface area contributed by atoms with E-state index >= 15 is 0 Å². The highest BCUT2D eigenvalue weighted by atomic mass is 16.3. The van der Waals surface area contributed by atoms with E-state index in [2.05, 4.69) is 21.0 Å². The van der Waals surface area contributed by atoms with E-state index in [9.17, 15) is 0 Å². The van der Waals surface area contributed by atoms with E-state index in [1.807, 2.05) is 25.1 Å². The molecule has 0 saturated carbocycles. The molecule has 1 N–H and O–H groups in total. The summed E-state index contributed by atoms with van der Waals surface area (Å²) in [4.78, 5) is 11.7. The minimum atomic E-state index is 0.466. The smallest absolute Gasteiger partial charge is 0.192 e. The van der Waals surface area contributed by atoms with Crippen LogP contribution < -0.4 is 0 Å². The van der Waals surface area contributed by atoms with Crippen molar-refractivity contribution in [2.45, 2.75) is 19.8 Å². The number of nitriles is 1. The quantitative estimate of drug-likeness (QED) is 0.777. The summed E-state index contributed by atoms with van der Waals surface area (Å²) >= 11 is 0. The van der Waals surface area contributed by atoms with Crippen molar-refractivity contribution in [2.24, 2.45) is 0 Å². The fourth-order valence-corrected chi connectivity index (χ4v) is 2.02. The van der Waals surface area contributed by atoms with Crippen molar-refractivity contribution < 1.29 is 4.42 Å². The third-order valence-electron chi connectivity index (χ3n) is 2.91. The van der Waals surface area contributed by atoms with Gasteiger partial charge < -0.3 is 9.40 Å². The van der Waals surface area contributed by atoms with Crippen LogP contribution in [0, 0.1) is 18.3 Å². The van der Waals surface area contributed by atoms with Gasteiger partial charge >= 0.3 is 0 Å². The number of aromatic amines is 1. The van der Waals surface area contributed by atoms with E-state index in [4.69, 9.17) is 9.68 Å². The van der Waals surface area contributed by atoms with Crippen molar-refractivity contribution in [2.75, 3.05) is 0 Å². The lowest BCUT2D eigenvalue weighted by molar-refractivity contribution is 0.561. The second-order valence-corrected chi connectivity index (χ2v) is 4.32. The lowest BCUT2D eigenvalue weighted by Gasteiger charge is -1.96. The van der Waals surface area contributed by atoms with Crippen molar-refractivity contribution in [3.63, 3.8) is 0 Å². The summed E-state index contributed by atoms with van der Waals surface area (Å²) in [6.45, 7) is 1.83. The Balaban J connectivity index is 1.94. The molecular weight excluding hydrogens is 240 g/mol. The fourth-order valence-electron chi connectivity index (χ4n) is 2.02. The second-order valence-electron chi connectivity index (χ2n) is 4.32. The molecule has 2 aromatic heterocycles. The van der Waals surface area contributed by atoms with E-state index in [1.165, 1.54) is 0 Å². The van der Waals surface area contributed by atoms with E-state index < -0.39 is 0 Å². The first-order chi connectivity index (χ1) is 9.26. The number of nitrogens with one attached hydrogen (secondary N) is 1. The van der Waals surface area contributed by atoms with Crippen LogP contribution in [-0.2, 0) is 6.42 Å². The zero-order valence-corrected chi connectivity index (χ0v) is 10.5. The van der Waals surface area contributed by atoms with E-state index in [0.29, 0.717) is 18.7 Å². The molecule has 94 valence electrons. The van der Waals surface area contributed by atoms with Gasteiger partial charge in [-0.2, -0.15) is 5.26 Å². The number of hydrogen-bond donors (Lipinski definition) is 1. The number of H-pyrrole nitrogens is 1. The summed E-state index contributed by atoms with van der Waals surface area (Å²) in [5, 5.41) is 8.56. The van der Waals surface area contributed by atoms with Crippen LogP contribution >= 0.6 is 0 Å². The predicted molar refractivity (Wildman–Crippen MR) is 70.3 cm³/mol. The fraction of sp³-hybridized carbons (Fsp3) is 0.214. The molecule has 2 heterocycles. The van der Waals surface area contributed by atoms with Gasteiger partial charge in [-0.1, -0.05) is 6.07 Å². The largest absolute Gasteiger partial charge is 0.441 e. The Morgan fingerprint density at radius 2 is 2.32 bits per heavy atom. The number of nitrogens with zero attached hydrogens (tertiary/aromatic N) is 3. The number of aromatic nitrogens is 3. The van der Waals surface area contributed by atoms with Gasteiger partial charge in [0, 0.05) is 25.3 Å².